The average molecular weight is 319 g/mol. The van der Waals surface area contributed by atoms with Crippen molar-refractivity contribution >= 4 is 18.1 Å². The van der Waals surface area contributed by atoms with E-state index in [0.717, 1.165) is 12.8 Å². The summed E-state index contributed by atoms with van der Waals surface area (Å²) >= 11 is 0. The number of alkyl halides is 1. The van der Waals surface area contributed by atoms with Gasteiger partial charge in [0.2, 0.25) is 5.96 Å². The second-order valence-electron chi connectivity index (χ2n) is 5.88. The van der Waals surface area contributed by atoms with E-state index >= 15 is 0 Å². The fourth-order valence-electron chi connectivity index (χ4n) is 1.78. The summed E-state index contributed by atoms with van der Waals surface area (Å²) < 4.78 is 13.6. The van der Waals surface area contributed by atoms with Gasteiger partial charge in [0, 0.05) is 13.3 Å². The molecule has 1 aromatic rings. The van der Waals surface area contributed by atoms with Crippen molar-refractivity contribution < 1.29 is 4.39 Å². The highest BCUT2D eigenvalue weighted by Gasteiger charge is 2.12. The van der Waals surface area contributed by atoms with Crippen molar-refractivity contribution in [2.75, 3.05) is 7.05 Å². The van der Waals surface area contributed by atoms with Gasteiger partial charge in [0.15, 0.2) is 5.96 Å². The SMILES string of the molecule is CN=C(N)NC(=NC(C)CCc1ccccc1)/N=C/C(C)(C)F. The number of halogens is 1. The summed E-state index contributed by atoms with van der Waals surface area (Å²) in [7, 11) is 1.56. The fraction of sp³-hybridized carbons (Fsp3) is 0.471. The minimum absolute atomic E-state index is 0.0160. The van der Waals surface area contributed by atoms with E-state index in [4.69, 9.17) is 5.73 Å². The summed E-state index contributed by atoms with van der Waals surface area (Å²) in [5.74, 6) is 0.451. The normalized spacial score (nSPS) is 15.0. The number of aryl methyl sites for hydroxylation is 1. The molecule has 0 spiro atoms. The van der Waals surface area contributed by atoms with E-state index in [1.807, 2.05) is 25.1 Å². The second-order valence-corrected chi connectivity index (χ2v) is 5.88. The van der Waals surface area contributed by atoms with Gasteiger partial charge in [-0.2, -0.15) is 0 Å². The van der Waals surface area contributed by atoms with Crippen LogP contribution >= 0.6 is 0 Å². The van der Waals surface area contributed by atoms with Crippen LogP contribution in [0.2, 0.25) is 0 Å². The minimum atomic E-state index is -1.52. The minimum Gasteiger partial charge on any atom is -0.370 e. The standard InChI is InChI=1S/C17H26FN5/c1-13(10-11-14-8-6-5-7-9-14)22-16(23-15(19)20-4)21-12-17(2,3)18/h5-9,12-13H,10-11H2,1-4H3,(H3,19,20,22,23)/b21-12+. The maximum atomic E-state index is 13.6. The lowest BCUT2D eigenvalue weighted by Gasteiger charge is -2.11. The smallest absolute Gasteiger partial charge is 0.224 e. The lowest BCUT2D eigenvalue weighted by atomic mass is 10.1. The van der Waals surface area contributed by atoms with Gasteiger partial charge in [0.05, 0.1) is 6.04 Å². The molecule has 0 saturated heterocycles. The molecule has 1 aromatic carbocycles. The highest BCUT2D eigenvalue weighted by molar-refractivity contribution is 6.01. The van der Waals surface area contributed by atoms with Crippen molar-refractivity contribution in [2.45, 2.75) is 45.3 Å². The molecular weight excluding hydrogens is 293 g/mol. The van der Waals surface area contributed by atoms with Gasteiger partial charge in [-0.05, 0) is 39.2 Å². The molecular formula is C17H26FN5. The lowest BCUT2D eigenvalue weighted by molar-refractivity contribution is 0.321. The average Bonchev–Trinajstić information content (AvgIpc) is 2.50. The molecule has 0 fully saturated rings. The van der Waals surface area contributed by atoms with Crippen LogP contribution in [0.15, 0.2) is 45.3 Å². The van der Waals surface area contributed by atoms with E-state index < -0.39 is 5.67 Å². The summed E-state index contributed by atoms with van der Waals surface area (Å²) in [6.45, 7) is 4.83. The molecule has 0 aliphatic heterocycles. The molecule has 3 N–H and O–H groups in total. The number of nitrogens with two attached hydrogens (primary N) is 1. The second kappa shape index (κ2) is 9.02. The molecule has 0 radical (unpaired) electrons. The number of hydrogen-bond acceptors (Lipinski definition) is 2. The largest absolute Gasteiger partial charge is 0.370 e. The Kier molecular flexibility index (Phi) is 7.38. The predicted molar refractivity (Wildman–Crippen MR) is 96.0 cm³/mol. The predicted octanol–water partition coefficient (Wildman–Crippen LogP) is 2.72. The Morgan fingerprint density at radius 1 is 1.35 bits per heavy atom. The molecule has 6 heteroatoms. The Bertz CT molecular complexity index is 558. The molecule has 23 heavy (non-hydrogen) atoms. The van der Waals surface area contributed by atoms with Crippen molar-refractivity contribution in [3.63, 3.8) is 0 Å². The van der Waals surface area contributed by atoms with Gasteiger partial charge in [0.25, 0.3) is 0 Å². The van der Waals surface area contributed by atoms with E-state index in [9.17, 15) is 4.39 Å². The Labute approximate surface area is 137 Å². The summed E-state index contributed by atoms with van der Waals surface area (Å²) in [6, 6.07) is 10.2. The van der Waals surface area contributed by atoms with Crippen molar-refractivity contribution in [1.82, 2.24) is 5.32 Å². The molecule has 0 aliphatic carbocycles. The van der Waals surface area contributed by atoms with Gasteiger partial charge in [-0.25, -0.2) is 14.4 Å². The summed E-state index contributed by atoms with van der Waals surface area (Å²) in [6.07, 6.45) is 2.97. The maximum absolute atomic E-state index is 13.6. The summed E-state index contributed by atoms with van der Waals surface area (Å²) in [5.41, 5.74) is 5.38. The molecule has 0 heterocycles. The van der Waals surface area contributed by atoms with Crippen LogP contribution in [0, 0.1) is 0 Å². The number of nitrogens with one attached hydrogen (secondary N) is 1. The number of rotatable bonds is 5. The van der Waals surface area contributed by atoms with Crippen molar-refractivity contribution in [3.05, 3.63) is 35.9 Å². The first-order valence-corrected chi connectivity index (χ1v) is 7.65. The van der Waals surface area contributed by atoms with Gasteiger partial charge in [-0.3, -0.25) is 10.3 Å². The van der Waals surface area contributed by atoms with E-state index in [1.165, 1.54) is 25.6 Å². The van der Waals surface area contributed by atoms with E-state index in [2.05, 4.69) is 32.4 Å². The number of hydrogen-bond donors (Lipinski definition) is 2. The van der Waals surface area contributed by atoms with Gasteiger partial charge < -0.3 is 5.73 Å². The number of aliphatic imine (C=N–C) groups is 3. The topological polar surface area (TPSA) is 75.1 Å². The Morgan fingerprint density at radius 3 is 2.57 bits per heavy atom. The van der Waals surface area contributed by atoms with Crippen molar-refractivity contribution in [2.24, 2.45) is 20.7 Å². The monoisotopic (exact) mass is 319 g/mol. The van der Waals surface area contributed by atoms with Crippen molar-refractivity contribution in [1.29, 1.82) is 0 Å². The quantitative estimate of drug-likeness (QED) is 0.647. The van der Waals surface area contributed by atoms with Crippen LogP contribution in [0.5, 0.6) is 0 Å². The van der Waals surface area contributed by atoms with Crippen LogP contribution in [-0.2, 0) is 6.42 Å². The first kappa shape index (κ1) is 18.8. The number of guanidine groups is 2. The zero-order valence-electron chi connectivity index (χ0n) is 14.3. The molecule has 0 bridgehead atoms. The highest BCUT2D eigenvalue weighted by Crippen LogP contribution is 2.08. The van der Waals surface area contributed by atoms with Crippen LogP contribution in [0.4, 0.5) is 4.39 Å². The van der Waals surface area contributed by atoms with Gasteiger partial charge in [-0.1, -0.05) is 30.3 Å². The Balaban J connectivity index is 2.74. The van der Waals surface area contributed by atoms with Gasteiger partial charge in [-0.15, -0.1) is 0 Å². The third-order valence-corrected chi connectivity index (χ3v) is 3.01. The molecule has 126 valence electrons. The first-order valence-electron chi connectivity index (χ1n) is 7.65. The number of benzene rings is 1. The van der Waals surface area contributed by atoms with E-state index in [-0.39, 0.29) is 18.0 Å². The van der Waals surface area contributed by atoms with Crippen LogP contribution in [0.25, 0.3) is 0 Å². The van der Waals surface area contributed by atoms with Crippen molar-refractivity contribution in [3.8, 4) is 0 Å². The Hall–Kier alpha value is -2.24. The number of nitrogens with zero attached hydrogens (tertiary/aromatic N) is 3. The Morgan fingerprint density at radius 2 is 2.00 bits per heavy atom. The van der Waals surface area contributed by atoms with Crippen LogP contribution in [0.3, 0.4) is 0 Å². The third-order valence-electron chi connectivity index (χ3n) is 3.01. The molecule has 1 unspecified atom stereocenters. The van der Waals surface area contributed by atoms with Gasteiger partial charge >= 0.3 is 0 Å². The molecule has 0 aromatic heterocycles. The lowest BCUT2D eigenvalue weighted by Crippen LogP contribution is -2.37. The molecule has 5 nitrogen and oxygen atoms in total. The summed E-state index contributed by atoms with van der Waals surface area (Å²) in [5, 5.41) is 2.78. The molecule has 0 saturated carbocycles. The van der Waals surface area contributed by atoms with Gasteiger partial charge in [0.1, 0.15) is 5.67 Å². The zero-order valence-corrected chi connectivity index (χ0v) is 14.3. The van der Waals surface area contributed by atoms with Crippen LogP contribution < -0.4 is 11.1 Å². The highest BCUT2D eigenvalue weighted by atomic mass is 19.1. The van der Waals surface area contributed by atoms with Crippen LogP contribution in [0.1, 0.15) is 32.8 Å². The fourth-order valence-corrected chi connectivity index (χ4v) is 1.78. The maximum Gasteiger partial charge on any atom is 0.224 e. The van der Waals surface area contributed by atoms with Crippen LogP contribution in [-0.4, -0.2) is 36.9 Å². The molecule has 1 atom stereocenters. The zero-order chi connectivity index (χ0) is 17.3. The molecule has 0 aliphatic rings. The first-order chi connectivity index (χ1) is 10.8. The molecule has 0 amide bonds. The van der Waals surface area contributed by atoms with E-state index in [1.54, 1.807) is 7.05 Å². The summed E-state index contributed by atoms with van der Waals surface area (Å²) in [4.78, 5) is 12.3. The van der Waals surface area contributed by atoms with E-state index in [0.29, 0.717) is 0 Å². The third kappa shape index (κ3) is 8.70. The molecule has 1 rings (SSSR count).